The third kappa shape index (κ3) is 4.56. The van der Waals surface area contributed by atoms with Gasteiger partial charge in [-0.05, 0) is 44.4 Å². The molecular weight excluding hydrogens is 278 g/mol. The first-order valence-electron chi connectivity index (χ1n) is 8.04. The minimum Gasteiger partial charge on any atom is -0.356 e. The van der Waals surface area contributed by atoms with Crippen molar-refractivity contribution in [1.82, 2.24) is 10.2 Å². The Balaban J connectivity index is 1.86. The number of nitrogens with two attached hydrogens (primary N) is 1. The summed E-state index contributed by atoms with van der Waals surface area (Å²) in [5.74, 6) is -0.0249. The van der Waals surface area contributed by atoms with Gasteiger partial charge in [-0.1, -0.05) is 18.2 Å². The molecule has 1 saturated heterocycles. The molecule has 5 nitrogen and oxygen atoms in total. The van der Waals surface area contributed by atoms with Gasteiger partial charge in [0.25, 0.3) is 5.91 Å². The van der Waals surface area contributed by atoms with Gasteiger partial charge in [0.05, 0.1) is 5.92 Å². The molecule has 120 valence electrons. The first-order chi connectivity index (χ1) is 10.7. The van der Waals surface area contributed by atoms with Crippen molar-refractivity contribution in [3.05, 3.63) is 35.9 Å². The summed E-state index contributed by atoms with van der Waals surface area (Å²) in [6, 6.07) is 9.25. The van der Waals surface area contributed by atoms with E-state index in [4.69, 9.17) is 5.73 Å². The van der Waals surface area contributed by atoms with E-state index in [0.29, 0.717) is 25.2 Å². The van der Waals surface area contributed by atoms with Gasteiger partial charge < -0.3 is 16.0 Å². The second-order valence-corrected chi connectivity index (χ2v) is 5.74. The number of rotatable bonds is 6. The molecule has 5 heteroatoms. The van der Waals surface area contributed by atoms with E-state index in [1.54, 1.807) is 4.90 Å². The smallest absolute Gasteiger partial charge is 0.253 e. The topological polar surface area (TPSA) is 75.4 Å². The lowest BCUT2D eigenvalue weighted by Crippen LogP contribution is -2.45. The molecule has 1 unspecified atom stereocenters. The number of piperidine rings is 1. The number of hydrogen-bond acceptors (Lipinski definition) is 3. The Hall–Kier alpha value is -1.88. The molecule has 1 heterocycles. The minimum absolute atomic E-state index is 0.0150. The van der Waals surface area contributed by atoms with Crippen molar-refractivity contribution in [1.29, 1.82) is 0 Å². The van der Waals surface area contributed by atoms with Gasteiger partial charge >= 0.3 is 0 Å². The van der Waals surface area contributed by atoms with Crippen LogP contribution in [0.1, 0.15) is 36.0 Å². The lowest BCUT2D eigenvalue weighted by Gasteiger charge is -2.32. The molecule has 1 atom stereocenters. The molecule has 2 amide bonds. The highest BCUT2D eigenvalue weighted by Gasteiger charge is 2.28. The van der Waals surface area contributed by atoms with Gasteiger partial charge in [-0.2, -0.15) is 0 Å². The summed E-state index contributed by atoms with van der Waals surface area (Å²) in [5.41, 5.74) is 6.12. The number of likely N-dealkylation sites (tertiary alicyclic amines) is 1. The highest BCUT2D eigenvalue weighted by molar-refractivity contribution is 5.94. The number of unbranched alkanes of at least 4 members (excludes halogenated alkanes) is 1. The molecule has 1 aromatic carbocycles. The fourth-order valence-corrected chi connectivity index (χ4v) is 2.76. The summed E-state index contributed by atoms with van der Waals surface area (Å²) >= 11 is 0. The van der Waals surface area contributed by atoms with Gasteiger partial charge in [-0.15, -0.1) is 0 Å². The van der Waals surface area contributed by atoms with E-state index in [9.17, 15) is 9.59 Å². The summed E-state index contributed by atoms with van der Waals surface area (Å²) in [6.07, 6.45) is 3.55. The second kappa shape index (κ2) is 8.54. The van der Waals surface area contributed by atoms with Crippen molar-refractivity contribution in [3.63, 3.8) is 0 Å². The highest BCUT2D eigenvalue weighted by atomic mass is 16.2. The van der Waals surface area contributed by atoms with E-state index in [1.807, 2.05) is 30.3 Å². The SMILES string of the molecule is NCCCCNC(=O)C1CCCN(C(=O)c2ccccc2)C1. The zero-order chi connectivity index (χ0) is 15.8. The monoisotopic (exact) mass is 303 g/mol. The van der Waals surface area contributed by atoms with E-state index in [2.05, 4.69) is 5.32 Å². The number of nitrogens with one attached hydrogen (secondary N) is 1. The Morgan fingerprint density at radius 3 is 2.73 bits per heavy atom. The lowest BCUT2D eigenvalue weighted by molar-refractivity contribution is -0.126. The number of carbonyl (C=O) groups excluding carboxylic acids is 2. The van der Waals surface area contributed by atoms with Crippen LogP contribution < -0.4 is 11.1 Å². The van der Waals surface area contributed by atoms with Crippen LogP contribution in [0.5, 0.6) is 0 Å². The normalized spacial score (nSPS) is 18.0. The van der Waals surface area contributed by atoms with Crippen LogP contribution in [-0.4, -0.2) is 42.9 Å². The summed E-state index contributed by atoms with van der Waals surface area (Å²) in [5, 5.41) is 2.95. The number of nitrogens with zero attached hydrogens (tertiary/aromatic N) is 1. The first-order valence-corrected chi connectivity index (χ1v) is 8.04. The molecule has 1 aliphatic rings. The molecule has 1 aromatic rings. The van der Waals surface area contributed by atoms with Gasteiger partial charge in [-0.3, -0.25) is 9.59 Å². The predicted molar refractivity (Wildman–Crippen MR) is 86.4 cm³/mol. The van der Waals surface area contributed by atoms with Crippen molar-refractivity contribution < 1.29 is 9.59 Å². The molecule has 1 aliphatic heterocycles. The van der Waals surface area contributed by atoms with Crippen LogP contribution in [0.25, 0.3) is 0 Å². The highest BCUT2D eigenvalue weighted by Crippen LogP contribution is 2.18. The van der Waals surface area contributed by atoms with Crippen LogP contribution in [0.4, 0.5) is 0 Å². The van der Waals surface area contributed by atoms with E-state index >= 15 is 0 Å². The molecule has 0 saturated carbocycles. The molecule has 22 heavy (non-hydrogen) atoms. The maximum Gasteiger partial charge on any atom is 0.253 e. The number of amides is 2. The third-order valence-electron chi connectivity index (χ3n) is 4.03. The van der Waals surface area contributed by atoms with Crippen LogP contribution in [-0.2, 0) is 4.79 Å². The fourth-order valence-electron chi connectivity index (χ4n) is 2.76. The summed E-state index contributed by atoms with van der Waals surface area (Å²) < 4.78 is 0. The molecule has 1 fully saturated rings. The van der Waals surface area contributed by atoms with Gasteiger partial charge in [-0.25, -0.2) is 0 Å². The fraction of sp³-hybridized carbons (Fsp3) is 0.529. The Morgan fingerprint density at radius 1 is 1.23 bits per heavy atom. The first kappa shape index (κ1) is 16.5. The van der Waals surface area contributed by atoms with E-state index < -0.39 is 0 Å². The number of benzene rings is 1. The standard InChI is InChI=1S/C17H25N3O2/c18-10-4-5-11-19-16(21)15-9-6-12-20(13-15)17(22)14-7-2-1-3-8-14/h1-3,7-8,15H,4-6,9-13,18H2,(H,19,21). The Morgan fingerprint density at radius 2 is 2.00 bits per heavy atom. The number of hydrogen-bond donors (Lipinski definition) is 2. The number of carbonyl (C=O) groups is 2. The zero-order valence-corrected chi connectivity index (χ0v) is 13.0. The second-order valence-electron chi connectivity index (χ2n) is 5.74. The Labute approximate surface area is 131 Å². The van der Waals surface area contributed by atoms with Crippen LogP contribution >= 0.6 is 0 Å². The molecule has 0 bridgehead atoms. The Kier molecular flexibility index (Phi) is 6.40. The molecule has 0 spiro atoms. The molecule has 3 N–H and O–H groups in total. The van der Waals surface area contributed by atoms with Crippen LogP contribution in [0.2, 0.25) is 0 Å². The van der Waals surface area contributed by atoms with E-state index in [-0.39, 0.29) is 17.7 Å². The van der Waals surface area contributed by atoms with Crippen LogP contribution in [0.3, 0.4) is 0 Å². The predicted octanol–water partition coefficient (Wildman–Crippen LogP) is 1.39. The van der Waals surface area contributed by atoms with Crippen molar-refractivity contribution in [2.24, 2.45) is 11.7 Å². The lowest BCUT2D eigenvalue weighted by atomic mass is 9.96. The average Bonchev–Trinajstić information content (AvgIpc) is 2.59. The largest absolute Gasteiger partial charge is 0.356 e. The minimum atomic E-state index is -0.0979. The molecular formula is C17H25N3O2. The van der Waals surface area contributed by atoms with Crippen molar-refractivity contribution in [2.45, 2.75) is 25.7 Å². The zero-order valence-electron chi connectivity index (χ0n) is 13.0. The molecule has 0 aromatic heterocycles. The van der Waals surface area contributed by atoms with Crippen LogP contribution in [0, 0.1) is 5.92 Å². The van der Waals surface area contributed by atoms with E-state index in [1.165, 1.54) is 0 Å². The quantitative estimate of drug-likeness (QED) is 0.780. The van der Waals surface area contributed by atoms with Gasteiger partial charge in [0, 0.05) is 25.2 Å². The van der Waals surface area contributed by atoms with Crippen molar-refractivity contribution in [2.75, 3.05) is 26.2 Å². The summed E-state index contributed by atoms with van der Waals surface area (Å²) in [4.78, 5) is 26.4. The van der Waals surface area contributed by atoms with E-state index in [0.717, 1.165) is 32.2 Å². The van der Waals surface area contributed by atoms with Gasteiger partial charge in [0.1, 0.15) is 0 Å². The Bertz CT molecular complexity index is 490. The molecule has 0 radical (unpaired) electrons. The third-order valence-corrected chi connectivity index (χ3v) is 4.03. The van der Waals surface area contributed by atoms with Gasteiger partial charge in [0.2, 0.25) is 5.91 Å². The molecule has 0 aliphatic carbocycles. The van der Waals surface area contributed by atoms with Crippen molar-refractivity contribution >= 4 is 11.8 Å². The summed E-state index contributed by atoms with van der Waals surface area (Å²) in [7, 11) is 0. The maximum absolute atomic E-state index is 12.4. The average molecular weight is 303 g/mol. The van der Waals surface area contributed by atoms with Crippen molar-refractivity contribution in [3.8, 4) is 0 Å². The van der Waals surface area contributed by atoms with Gasteiger partial charge in [0.15, 0.2) is 0 Å². The summed E-state index contributed by atoms with van der Waals surface area (Å²) in [6.45, 7) is 2.55. The van der Waals surface area contributed by atoms with Crippen LogP contribution in [0.15, 0.2) is 30.3 Å². The molecule has 2 rings (SSSR count). The maximum atomic E-state index is 12.4.